The Hall–Kier alpha value is -1.71. The van der Waals surface area contributed by atoms with Crippen LogP contribution in [0.2, 0.25) is 0 Å². The molecule has 110 valence electrons. The summed E-state index contributed by atoms with van der Waals surface area (Å²) in [6.45, 7) is 8.06. The predicted octanol–water partition coefficient (Wildman–Crippen LogP) is 3.34. The molecule has 1 fully saturated rings. The van der Waals surface area contributed by atoms with Gasteiger partial charge in [-0.3, -0.25) is 0 Å². The second kappa shape index (κ2) is 6.64. The van der Waals surface area contributed by atoms with Gasteiger partial charge in [0.15, 0.2) is 0 Å². The Labute approximate surface area is 121 Å². The minimum Gasteiger partial charge on any atom is -0.450 e. The number of nitrogens with zero attached hydrogens (tertiary/aromatic N) is 1. The summed E-state index contributed by atoms with van der Waals surface area (Å²) in [4.78, 5) is 13.4. The fourth-order valence-corrected chi connectivity index (χ4v) is 2.49. The van der Waals surface area contributed by atoms with E-state index in [1.54, 1.807) is 4.90 Å². The highest BCUT2D eigenvalue weighted by Gasteiger charge is 2.23. The number of ether oxygens (including phenoxy) is 1. The van der Waals surface area contributed by atoms with Gasteiger partial charge in [0.05, 0.1) is 6.61 Å². The average Bonchev–Trinajstić information content (AvgIpc) is 2.44. The Bertz CT molecular complexity index is 466. The minimum absolute atomic E-state index is 0.183. The molecule has 1 amide bonds. The zero-order valence-corrected chi connectivity index (χ0v) is 12.6. The van der Waals surface area contributed by atoms with Crippen molar-refractivity contribution in [3.05, 3.63) is 29.3 Å². The van der Waals surface area contributed by atoms with Crippen molar-refractivity contribution in [1.82, 2.24) is 4.90 Å². The first-order valence-corrected chi connectivity index (χ1v) is 7.35. The Morgan fingerprint density at radius 2 is 2.00 bits per heavy atom. The number of amides is 1. The fourth-order valence-electron chi connectivity index (χ4n) is 2.49. The average molecular weight is 276 g/mol. The molecule has 1 aliphatic rings. The second-order valence-electron chi connectivity index (χ2n) is 5.40. The molecule has 4 nitrogen and oxygen atoms in total. The van der Waals surface area contributed by atoms with Crippen LogP contribution in [0.1, 0.15) is 30.9 Å². The smallest absolute Gasteiger partial charge is 0.409 e. The van der Waals surface area contributed by atoms with Crippen LogP contribution in [-0.4, -0.2) is 36.7 Å². The molecular weight excluding hydrogens is 252 g/mol. The number of likely N-dealkylation sites (tertiary alicyclic amines) is 1. The topological polar surface area (TPSA) is 41.6 Å². The molecule has 0 aromatic heterocycles. The fraction of sp³-hybridized carbons (Fsp3) is 0.562. The van der Waals surface area contributed by atoms with E-state index in [4.69, 9.17) is 4.74 Å². The number of piperidine rings is 1. The van der Waals surface area contributed by atoms with Gasteiger partial charge in [-0.15, -0.1) is 0 Å². The minimum atomic E-state index is -0.183. The summed E-state index contributed by atoms with van der Waals surface area (Å²) in [5.74, 6) is 0. The van der Waals surface area contributed by atoms with Crippen molar-refractivity contribution in [1.29, 1.82) is 0 Å². The van der Waals surface area contributed by atoms with Gasteiger partial charge in [0, 0.05) is 24.8 Å². The molecule has 0 spiro atoms. The van der Waals surface area contributed by atoms with E-state index >= 15 is 0 Å². The maximum atomic E-state index is 11.6. The molecule has 1 aromatic carbocycles. The van der Waals surface area contributed by atoms with Gasteiger partial charge in [0.25, 0.3) is 0 Å². The first-order chi connectivity index (χ1) is 9.60. The van der Waals surface area contributed by atoms with E-state index in [9.17, 15) is 4.79 Å². The van der Waals surface area contributed by atoms with E-state index in [2.05, 4.69) is 37.4 Å². The highest BCUT2D eigenvalue weighted by Crippen LogP contribution is 2.19. The summed E-state index contributed by atoms with van der Waals surface area (Å²) in [5.41, 5.74) is 3.79. The molecule has 0 unspecified atom stereocenters. The summed E-state index contributed by atoms with van der Waals surface area (Å²) in [7, 11) is 0. The standard InChI is InChI=1S/C16H24N2O2/c1-4-20-16(19)18-9-7-14(8-10-18)17-15-6-5-12(2)13(3)11-15/h5-6,11,14,17H,4,7-10H2,1-3H3. The third-order valence-electron chi connectivity index (χ3n) is 3.90. The summed E-state index contributed by atoms with van der Waals surface area (Å²) in [5, 5.41) is 3.56. The van der Waals surface area contributed by atoms with Crippen LogP contribution >= 0.6 is 0 Å². The molecular formula is C16H24N2O2. The van der Waals surface area contributed by atoms with Crippen LogP contribution in [0, 0.1) is 13.8 Å². The van der Waals surface area contributed by atoms with Crippen LogP contribution in [0.3, 0.4) is 0 Å². The van der Waals surface area contributed by atoms with E-state index in [0.717, 1.165) is 25.9 Å². The number of benzene rings is 1. The normalized spacial score (nSPS) is 16.1. The van der Waals surface area contributed by atoms with Gasteiger partial charge in [-0.05, 0) is 56.9 Å². The van der Waals surface area contributed by atoms with E-state index in [0.29, 0.717) is 12.6 Å². The van der Waals surface area contributed by atoms with Crippen molar-refractivity contribution in [2.45, 2.75) is 39.7 Å². The number of rotatable bonds is 3. The van der Waals surface area contributed by atoms with Crippen LogP contribution in [0.15, 0.2) is 18.2 Å². The molecule has 0 bridgehead atoms. The molecule has 20 heavy (non-hydrogen) atoms. The van der Waals surface area contributed by atoms with Crippen LogP contribution in [0.5, 0.6) is 0 Å². The van der Waals surface area contributed by atoms with E-state index in [1.807, 2.05) is 6.92 Å². The molecule has 1 aromatic rings. The lowest BCUT2D eigenvalue weighted by Crippen LogP contribution is -2.42. The zero-order chi connectivity index (χ0) is 14.5. The Balaban J connectivity index is 1.85. The van der Waals surface area contributed by atoms with Gasteiger partial charge >= 0.3 is 6.09 Å². The van der Waals surface area contributed by atoms with E-state index < -0.39 is 0 Å². The molecule has 0 atom stereocenters. The van der Waals surface area contributed by atoms with Crippen molar-refractivity contribution in [3.63, 3.8) is 0 Å². The largest absolute Gasteiger partial charge is 0.450 e. The van der Waals surface area contributed by atoms with Crippen LogP contribution in [0.4, 0.5) is 10.5 Å². The molecule has 0 radical (unpaired) electrons. The number of aryl methyl sites for hydroxylation is 2. The van der Waals surface area contributed by atoms with E-state index in [-0.39, 0.29) is 6.09 Å². The highest BCUT2D eigenvalue weighted by molar-refractivity contribution is 5.67. The molecule has 1 N–H and O–H groups in total. The van der Waals surface area contributed by atoms with Gasteiger partial charge in [0.2, 0.25) is 0 Å². The summed E-state index contributed by atoms with van der Waals surface area (Å²) < 4.78 is 5.03. The molecule has 1 saturated heterocycles. The third kappa shape index (κ3) is 3.65. The molecule has 0 saturated carbocycles. The van der Waals surface area contributed by atoms with Crippen molar-refractivity contribution in [2.24, 2.45) is 0 Å². The van der Waals surface area contributed by atoms with Crippen molar-refractivity contribution < 1.29 is 9.53 Å². The summed E-state index contributed by atoms with van der Waals surface area (Å²) >= 11 is 0. The lowest BCUT2D eigenvalue weighted by molar-refractivity contribution is 0.0983. The SMILES string of the molecule is CCOC(=O)N1CCC(Nc2ccc(C)c(C)c2)CC1. The van der Waals surface area contributed by atoms with Crippen LogP contribution in [0.25, 0.3) is 0 Å². The van der Waals surface area contributed by atoms with Gasteiger partial charge < -0.3 is 15.0 Å². The zero-order valence-electron chi connectivity index (χ0n) is 12.6. The molecule has 4 heteroatoms. The second-order valence-corrected chi connectivity index (χ2v) is 5.40. The van der Waals surface area contributed by atoms with Crippen molar-refractivity contribution in [3.8, 4) is 0 Å². The first-order valence-electron chi connectivity index (χ1n) is 7.35. The highest BCUT2D eigenvalue weighted by atomic mass is 16.6. The quantitative estimate of drug-likeness (QED) is 0.920. The van der Waals surface area contributed by atoms with Crippen LogP contribution in [-0.2, 0) is 4.74 Å². The number of nitrogens with one attached hydrogen (secondary N) is 1. The monoisotopic (exact) mass is 276 g/mol. The molecule has 0 aliphatic carbocycles. The number of carbonyl (C=O) groups is 1. The molecule has 1 heterocycles. The van der Waals surface area contributed by atoms with Crippen LogP contribution < -0.4 is 5.32 Å². The van der Waals surface area contributed by atoms with Gasteiger partial charge in [-0.2, -0.15) is 0 Å². The summed E-state index contributed by atoms with van der Waals surface area (Å²) in [6, 6.07) is 6.89. The number of anilines is 1. The number of hydrogen-bond donors (Lipinski definition) is 1. The van der Waals surface area contributed by atoms with Crippen molar-refractivity contribution in [2.75, 3.05) is 25.0 Å². The lowest BCUT2D eigenvalue weighted by atomic mass is 10.0. The predicted molar refractivity (Wildman–Crippen MR) is 81.2 cm³/mol. The lowest BCUT2D eigenvalue weighted by Gasteiger charge is -2.32. The maximum absolute atomic E-state index is 11.6. The number of hydrogen-bond acceptors (Lipinski definition) is 3. The maximum Gasteiger partial charge on any atom is 0.409 e. The Morgan fingerprint density at radius 1 is 1.30 bits per heavy atom. The van der Waals surface area contributed by atoms with Gasteiger partial charge in [-0.25, -0.2) is 4.79 Å². The first kappa shape index (κ1) is 14.7. The molecule has 1 aliphatic heterocycles. The van der Waals surface area contributed by atoms with Crippen molar-refractivity contribution >= 4 is 11.8 Å². The van der Waals surface area contributed by atoms with E-state index in [1.165, 1.54) is 16.8 Å². The summed E-state index contributed by atoms with van der Waals surface area (Å²) in [6.07, 6.45) is 1.74. The molecule has 2 rings (SSSR count). The van der Waals surface area contributed by atoms with Gasteiger partial charge in [0.1, 0.15) is 0 Å². The number of carbonyl (C=O) groups excluding carboxylic acids is 1. The van der Waals surface area contributed by atoms with Gasteiger partial charge in [-0.1, -0.05) is 6.07 Å². The third-order valence-corrected chi connectivity index (χ3v) is 3.90. The Morgan fingerprint density at radius 3 is 2.60 bits per heavy atom. The Kier molecular flexibility index (Phi) is 4.88.